The van der Waals surface area contributed by atoms with Crippen molar-refractivity contribution in [3.63, 3.8) is 0 Å². The lowest BCUT2D eigenvalue weighted by Gasteiger charge is -2.02. The van der Waals surface area contributed by atoms with Crippen LogP contribution in [0.15, 0.2) is 63.8 Å². The first-order chi connectivity index (χ1) is 11.6. The molecular formula is C19H14O5. The van der Waals surface area contributed by atoms with Crippen molar-refractivity contribution in [2.75, 3.05) is 7.11 Å². The molecule has 0 aliphatic carbocycles. The topological polar surface area (TPSA) is 76.7 Å². The van der Waals surface area contributed by atoms with Gasteiger partial charge in [-0.3, -0.25) is 4.79 Å². The van der Waals surface area contributed by atoms with E-state index in [1.807, 2.05) is 0 Å². The van der Waals surface area contributed by atoms with Crippen molar-refractivity contribution in [2.24, 2.45) is 0 Å². The number of phenols is 1. The molecule has 24 heavy (non-hydrogen) atoms. The van der Waals surface area contributed by atoms with Gasteiger partial charge in [0.1, 0.15) is 22.6 Å². The number of hydrogen-bond donors (Lipinski definition) is 1. The molecule has 0 bridgehead atoms. The number of ether oxygens (including phenoxy) is 1. The van der Waals surface area contributed by atoms with Crippen LogP contribution in [0.25, 0.3) is 17.0 Å². The largest absolute Gasteiger partial charge is 0.508 e. The lowest BCUT2D eigenvalue weighted by Crippen LogP contribution is -2.11. The lowest BCUT2D eigenvalue weighted by molar-refractivity contribution is 0.104. The van der Waals surface area contributed by atoms with Crippen molar-refractivity contribution in [1.29, 1.82) is 0 Å². The predicted molar refractivity (Wildman–Crippen MR) is 90.5 cm³/mol. The van der Waals surface area contributed by atoms with E-state index in [1.54, 1.807) is 36.4 Å². The number of benzene rings is 2. The van der Waals surface area contributed by atoms with Crippen LogP contribution in [0.1, 0.15) is 15.9 Å². The Hall–Kier alpha value is -3.34. The molecule has 0 saturated heterocycles. The molecule has 0 aliphatic rings. The van der Waals surface area contributed by atoms with Gasteiger partial charge in [-0.05, 0) is 42.0 Å². The maximum absolute atomic E-state index is 12.3. The molecule has 5 nitrogen and oxygen atoms in total. The summed E-state index contributed by atoms with van der Waals surface area (Å²) in [6.45, 7) is 0. The summed E-state index contributed by atoms with van der Waals surface area (Å²) in [5.74, 6) is 0.260. The van der Waals surface area contributed by atoms with Crippen molar-refractivity contribution in [2.45, 2.75) is 0 Å². The van der Waals surface area contributed by atoms with E-state index < -0.39 is 11.4 Å². The zero-order valence-electron chi connectivity index (χ0n) is 12.9. The molecule has 3 aromatic rings. The van der Waals surface area contributed by atoms with Crippen molar-refractivity contribution in [3.05, 3.63) is 76.2 Å². The SMILES string of the molecule is COc1ccc2cc(C(=O)/C=C/c3ccc(O)cc3)c(=O)oc2c1. The van der Waals surface area contributed by atoms with E-state index in [2.05, 4.69) is 0 Å². The molecule has 2 aromatic carbocycles. The van der Waals surface area contributed by atoms with Gasteiger partial charge in [0.25, 0.3) is 0 Å². The van der Waals surface area contributed by atoms with Crippen molar-refractivity contribution < 1.29 is 19.1 Å². The molecule has 0 unspecified atom stereocenters. The summed E-state index contributed by atoms with van der Waals surface area (Å²) in [5.41, 5.74) is 0.355. The Labute approximate surface area is 137 Å². The van der Waals surface area contributed by atoms with E-state index in [4.69, 9.17) is 9.15 Å². The van der Waals surface area contributed by atoms with Crippen LogP contribution in [0.3, 0.4) is 0 Å². The molecule has 0 radical (unpaired) electrons. The van der Waals surface area contributed by atoms with Gasteiger partial charge in [0.05, 0.1) is 7.11 Å². The van der Waals surface area contributed by atoms with Crippen LogP contribution in [0.2, 0.25) is 0 Å². The number of ketones is 1. The zero-order valence-corrected chi connectivity index (χ0v) is 12.9. The van der Waals surface area contributed by atoms with Crippen LogP contribution in [0.5, 0.6) is 11.5 Å². The molecule has 0 amide bonds. The Kier molecular flexibility index (Phi) is 4.16. The van der Waals surface area contributed by atoms with Crippen LogP contribution < -0.4 is 10.4 Å². The summed E-state index contributed by atoms with van der Waals surface area (Å²) in [7, 11) is 1.52. The smallest absolute Gasteiger partial charge is 0.347 e. The first-order valence-electron chi connectivity index (χ1n) is 7.20. The summed E-state index contributed by atoms with van der Waals surface area (Å²) in [6.07, 6.45) is 2.87. The molecule has 1 aromatic heterocycles. The van der Waals surface area contributed by atoms with E-state index >= 15 is 0 Å². The third-order valence-corrected chi connectivity index (χ3v) is 3.53. The summed E-state index contributed by atoms with van der Waals surface area (Å²) in [4.78, 5) is 24.3. The van der Waals surface area contributed by atoms with E-state index in [9.17, 15) is 14.7 Å². The molecule has 3 rings (SSSR count). The molecule has 0 fully saturated rings. The molecule has 0 spiro atoms. The van der Waals surface area contributed by atoms with Crippen LogP contribution >= 0.6 is 0 Å². The number of allylic oxidation sites excluding steroid dienone is 1. The van der Waals surface area contributed by atoms with Crippen LogP contribution in [-0.2, 0) is 0 Å². The third kappa shape index (κ3) is 3.20. The second-order valence-electron chi connectivity index (χ2n) is 5.14. The predicted octanol–water partition coefficient (Wildman–Crippen LogP) is 3.40. The molecule has 5 heteroatoms. The first-order valence-corrected chi connectivity index (χ1v) is 7.20. The number of carbonyl (C=O) groups excluding carboxylic acids is 1. The highest BCUT2D eigenvalue weighted by molar-refractivity contribution is 6.07. The first kappa shape index (κ1) is 15.6. The summed E-state index contributed by atoms with van der Waals surface area (Å²) >= 11 is 0. The van der Waals surface area contributed by atoms with E-state index in [-0.39, 0.29) is 11.3 Å². The molecule has 1 heterocycles. The Morgan fingerprint density at radius 2 is 1.88 bits per heavy atom. The highest BCUT2D eigenvalue weighted by Crippen LogP contribution is 2.20. The Morgan fingerprint density at radius 3 is 2.58 bits per heavy atom. The minimum absolute atomic E-state index is 0.0392. The number of fused-ring (bicyclic) bond motifs is 1. The third-order valence-electron chi connectivity index (χ3n) is 3.53. The van der Waals surface area contributed by atoms with Crippen LogP contribution in [0.4, 0.5) is 0 Å². The number of hydrogen-bond acceptors (Lipinski definition) is 5. The Bertz CT molecular complexity index is 981. The van der Waals surface area contributed by atoms with Gasteiger partial charge >= 0.3 is 5.63 Å². The molecule has 120 valence electrons. The number of carbonyl (C=O) groups is 1. The minimum Gasteiger partial charge on any atom is -0.508 e. The van der Waals surface area contributed by atoms with Gasteiger partial charge in [-0.25, -0.2) is 4.79 Å². The van der Waals surface area contributed by atoms with Crippen molar-refractivity contribution in [1.82, 2.24) is 0 Å². The quantitative estimate of drug-likeness (QED) is 0.452. The second kappa shape index (κ2) is 6.42. The van der Waals surface area contributed by atoms with Gasteiger partial charge in [-0.2, -0.15) is 0 Å². The van der Waals surface area contributed by atoms with Gasteiger partial charge in [0.2, 0.25) is 0 Å². The van der Waals surface area contributed by atoms with Gasteiger partial charge in [0.15, 0.2) is 5.78 Å². The summed E-state index contributed by atoms with van der Waals surface area (Å²) in [6, 6.07) is 12.9. The number of aromatic hydroxyl groups is 1. The molecular weight excluding hydrogens is 308 g/mol. The van der Waals surface area contributed by atoms with Crippen LogP contribution in [-0.4, -0.2) is 18.0 Å². The maximum Gasteiger partial charge on any atom is 0.347 e. The normalized spacial score (nSPS) is 11.0. The highest BCUT2D eigenvalue weighted by atomic mass is 16.5. The summed E-state index contributed by atoms with van der Waals surface area (Å²) in [5, 5.41) is 9.87. The number of phenolic OH excluding ortho intramolecular Hbond substituents is 1. The second-order valence-corrected chi connectivity index (χ2v) is 5.14. The lowest BCUT2D eigenvalue weighted by atomic mass is 10.1. The van der Waals surface area contributed by atoms with Gasteiger partial charge < -0.3 is 14.3 Å². The number of methoxy groups -OCH3 is 1. The maximum atomic E-state index is 12.3. The molecule has 0 saturated carbocycles. The monoisotopic (exact) mass is 322 g/mol. The van der Waals surface area contributed by atoms with Crippen molar-refractivity contribution >= 4 is 22.8 Å². The van der Waals surface area contributed by atoms with Gasteiger partial charge in [0, 0.05) is 11.5 Å². The zero-order chi connectivity index (χ0) is 17.1. The average molecular weight is 322 g/mol. The Balaban J connectivity index is 1.93. The molecule has 1 N–H and O–H groups in total. The molecule has 0 aliphatic heterocycles. The molecule has 0 atom stereocenters. The fourth-order valence-electron chi connectivity index (χ4n) is 2.24. The average Bonchev–Trinajstić information content (AvgIpc) is 2.59. The van der Waals surface area contributed by atoms with E-state index in [1.165, 1.54) is 31.4 Å². The minimum atomic E-state index is -0.698. The van der Waals surface area contributed by atoms with Crippen LogP contribution in [0, 0.1) is 0 Å². The van der Waals surface area contributed by atoms with Gasteiger partial charge in [-0.15, -0.1) is 0 Å². The summed E-state index contributed by atoms with van der Waals surface area (Å²) < 4.78 is 10.3. The highest BCUT2D eigenvalue weighted by Gasteiger charge is 2.11. The number of rotatable bonds is 4. The van der Waals surface area contributed by atoms with Crippen molar-refractivity contribution in [3.8, 4) is 11.5 Å². The fourth-order valence-corrected chi connectivity index (χ4v) is 2.24. The Morgan fingerprint density at radius 1 is 1.12 bits per heavy atom. The van der Waals surface area contributed by atoms with E-state index in [0.29, 0.717) is 16.7 Å². The standard InChI is InChI=1S/C19H14O5/c1-23-15-8-5-13-10-16(19(22)24-18(13)11-15)17(21)9-4-12-2-6-14(20)7-3-12/h2-11,20H,1H3/b9-4+. The van der Waals surface area contributed by atoms with E-state index in [0.717, 1.165) is 5.56 Å². The van der Waals surface area contributed by atoms with Gasteiger partial charge in [-0.1, -0.05) is 18.2 Å². The fraction of sp³-hybridized carbons (Fsp3) is 0.0526.